The van der Waals surface area contributed by atoms with Crippen LogP contribution in [0.25, 0.3) is 0 Å². The summed E-state index contributed by atoms with van der Waals surface area (Å²) in [5.41, 5.74) is 11.5. The summed E-state index contributed by atoms with van der Waals surface area (Å²) < 4.78 is 0. The van der Waals surface area contributed by atoms with Gasteiger partial charge in [0.1, 0.15) is 0 Å². The second-order valence-electron chi connectivity index (χ2n) is 4.98. The van der Waals surface area contributed by atoms with Gasteiger partial charge in [-0.1, -0.05) is 6.07 Å². The predicted molar refractivity (Wildman–Crippen MR) is 72.4 cm³/mol. The summed E-state index contributed by atoms with van der Waals surface area (Å²) in [6.07, 6.45) is 7.14. The summed E-state index contributed by atoms with van der Waals surface area (Å²) in [6.45, 7) is 2.01. The first kappa shape index (κ1) is 11.2. The van der Waals surface area contributed by atoms with E-state index in [9.17, 15) is 0 Å². The zero-order chi connectivity index (χ0) is 12.5. The van der Waals surface area contributed by atoms with Gasteiger partial charge in [-0.3, -0.25) is 9.97 Å². The molecule has 0 fully saturated rings. The zero-order valence-corrected chi connectivity index (χ0v) is 10.6. The molecule has 0 aromatic carbocycles. The van der Waals surface area contributed by atoms with Gasteiger partial charge in [0.2, 0.25) is 0 Å². The maximum absolute atomic E-state index is 6.12. The molecule has 2 aromatic heterocycles. The molecule has 2 N–H and O–H groups in total. The molecule has 3 nitrogen and oxygen atoms in total. The first-order chi connectivity index (χ1) is 8.75. The van der Waals surface area contributed by atoms with Crippen molar-refractivity contribution < 1.29 is 0 Å². The highest BCUT2D eigenvalue weighted by atomic mass is 14.8. The van der Waals surface area contributed by atoms with Crippen LogP contribution in [-0.4, -0.2) is 9.97 Å². The van der Waals surface area contributed by atoms with E-state index in [0.717, 1.165) is 35.5 Å². The summed E-state index contributed by atoms with van der Waals surface area (Å²) in [4.78, 5) is 9.08. The van der Waals surface area contributed by atoms with Crippen LogP contribution < -0.4 is 5.73 Å². The molecule has 0 amide bonds. The average molecular weight is 239 g/mol. The number of anilines is 1. The number of fused-ring (bicyclic) bond motifs is 1. The molecule has 1 unspecified atom stereocenters. The van der Waals surface area contributed by atoms with Crippen molar-refractivity contribution in [2.24, 2.45) is 0 Å². The topological polar surface area (TPSA) is 51.8 Å². The second-order valence-corrected chi connectivity index (χ2v) is 4.98. The summed E-state index contributed by atoms with van der Waals surface area (Å²) >= 11 is 0. The van der Waals surface area contributed by atoms with Crippen LogP contribution in [0, 0.1) is 6.92 Å². The third kappa shape index (κ3) is 1.86. The van der Waals surface area contributed by atoms with Gasteiger partial charge in [0.15, 0.2) is 0 Å². The second kappa shape index (κ2) is 4.41. The highest BCUT2D eigenvalue weighted by Crippen LogP contribution is 2.36. The molecule has 18 heavy (non-hydrogen) atoms. The Kier molecular flexibility index (Phi) is 2.74. The largest absolute Gasteiger partial charge is 0.397 e. The van der Waals surface area contributed by atoms with E-state index in [0.29, 0.717) is 0 Å². The molecule has 3 heteroatoms. The molecule has 92 valence electrons. The molecule has 2 aromatic rings. The van der Waals surface area contributed by atoms with Crippen molar-refractivity contribution in [1.82, 2.24) is 9.97 Å². The first-order valence-electron chi connectivity index (χ1n) is 6.41. The smallest absolute Gasteiger partial charge is 0.0723 e. The van der Waals surface area contributed by atoms with Crippen molar-refractivity contribution in [1.29, 1.82) is 0 Å². The minimum atomic E-state index is 0.260. The molecule has 2 heterocycles. The van der Waals surface area contributed by atoms with Crippen molar-refractivity contribution in [2.45, 2.75) is 32.1 Å². The lowest BCUT2D eigenvalue weighted by atomic mass is 9.84. The predicted octanol–water partition coefficient (Wildman–Crippen LogP) is 2.84. The van der Waals surface area contributed by atoms with Crippen LogP contribution in [0.5, 0.6) is 0 Å². The monoisotopic (exact) mass is 239 g/mol. The van der Waals surface area contributed by atoms with Crippen molar-refractivity contribution in [3.63, 3.8) is 0 Å². The molecule has 0 radical (unpaired) electrons. The van der Waals surface area contributed by atoms with Crippen LogP contribution >= 0.6 is 0 Å². The van der Waals surface area contributed by atoms with Gasteiger partial charge in [0, 0.05) is 18.3 Å². The van der Waals surface area contributed by atoms with Gasteiger partial charge in [-0.2, -0.15) is 0 Å². The van der Waals surface area contributed by atoms with Gasteiger partial charge in [-0.25, -0.2) is 0 Å². The molecule has 0 spiro atoms. The fourth-order valence-corrected chi connectivity index (χ4v) is 2.77. The average Bonchev–Trinajstić information content (AvgIpc) is 2.38. The van der Waals surface area contributed by atoms with Gasteiger partial charge < -0.3 is 5.73 Å². The lowest BCUT2D eigenvalue weighted by Gasteiger charge is -2.24. The number of rotatable bonds is 1. The van der Waals surface area contributed by atoms with E-state index in [1.165, 1.54) is 12.0 Å². The SMILES string of the molecule is Cc1cnc(C2CCCc3cccnc32)c(N)c1. The van der Waals surface area contributed by atoms with E-state index in [4.69, 9.17) is 5.73 Å². The Balaban J connectivity index is 2.08. The lowest BCUT2D eigenvalue weighted by molar-refractivity contribution is 0.589. The fraction of sp³-hybridized carbons (Fsp3) is 0.333. The quantitative estimate of drug-likeness (QED) is 0.832. The highest BCUT2D eigenvalue weighted by Gasteiger charge is 2.25. The van der Waals surface area contributed by atoms with Crippen LogP contribution in [0.1, 0.15) is 41.3 Å². The van der Waals surface area contributed by atoms with Crippen LogP contribution in [0.2, 0.25) is 0 Å². The Bertz CT molecular complexity index is 578. The number of hydrogen-bond acceptors (Lipinski definition) is 3. The van der Waals surface area contributed by atoms with Crippen LogP contribution in [-0.2, 0) is 6.42 Å². The Morgan fingerprint density at radius 2 is 2.17 bits per heavy atom. The van der Waals surface area contributed by atoms with E-state index in [1.54, 1.807) is 0 Å². The molecular weight excluding hydrogens is 222 g/mol. The van der Waals surface area contributed by atoms with Gasteiger partial charge in [0.05, 0.1) is 17.1 Å². The summed E-state index contributed by atoms with van der Waals surface area (Å²) in [5.74, 6) is 0.260. The van der Waals surface area contributed by atoms with Gasteiger partial charge in [-0.15, -0.1) is 0 Å². The molecule has 1 aliphatic carbocycles. The number of nitrogens with zero attached hydrogens (tertiary/aromatic N) is 2. The maximum Gasteiger partial charge on any atom is 0.0723 e. The number of nitrogens with two attached hydrogens (primary N) is 1. The van der Waals surface area contributed by atoms with Crippen LogP contribution in [0.15, 0.2) is 30.6 Å². The summed E-state index contributed by atoms with van der Waals surface area (Å²) in [6, 6.07) is 6.17. The van der Waals surface area contributed by atoms with E-state index in [2.05, 4.69) is 16.0 Å². The van der Waals surface area contributed by atoms with E-state index >= 15 is 0 Å². The Hall–Kier alpha value is -1.90. The van der Waals surface area contributed by atoms with Gasteiger partial charge in [-0.05, 0) is 49.4 Å². The van der Waals surface area contributed by atoms with E-state index < -0.39 is 0 Å². The van der Waals surface area contributed by atoms with Crippen molar-refractivity contribution in [3.05, 3.63) is 53.1 Å². The Morgan fingerprint density at radius 3 is 3.00 bits per heavy atom. The lowest BCUT2D eigenvalue weighted by Crippen LogP contribution is -2.15. The van der Waals surface area contributed by atoms with Crippen molar-refractivity contribution in [2.75, 3.05) is 5.73 Å². The zero-order valence-electron chi connectivity index (χ0n) is 10.6. The maximum atomic E-state index is 6.12. The number of pyridine rings is 2. The number of nitrogen functional groups attached to an aromatic ring is 1. The van der Waals surface area contributed by atoms with E-state index in [-0.39, 0.29) is 5.92 Å². The van der Waals surface area contributed by atoms with Crippen LogP contribution in [0.4, 0.5) is 5.69 Å². The standard InChI is InChI=1S/C15H17N3/c1-10-8-13(16)15(18-9-10)12-6-2-4-11-5-3-7-17-14(11)12/h3,5,7-9,12H,2,4,6,16H2,1H3. The molecule has 0 saturated heterocycles. The molecule has 0 bridgehead atoms. The van der Waals surface area contributed by atoms with Gasteiger partial charge in [0.25, 0.3) is 0 Å². The van der Waals surface area contributed by atoms with Gasteiger partial charge >= 0.3 is 0 Å². The minimum absolute atomic E-state index is 0.260. The number of aromatic nitrogens is 2. The summed E-state index contributed by atoms with van der Waals surface area (Å²) in [5, 5.41) is 0. The third-order valence-electron chi connectivity index (χ3n) is 3.61. The van der Waals surface area contributed by atoms with E-state index in [1.807, 2.05) is 31.5 Å². The normalized spacial score (nSPS) is 18.4. The molecule has 1 aliphatic rings. The fourth-order valence-electron chi connectivity index (χ4n) is 2.77. The highest BCUT2D eigenvalue weighted by molar-refractivity contribution is 5.49. The van der Waals surface area contributed by atoms with Crippen molar-refractivity contribution >= 4 is 5.69 Å². The number of aryl methyl sites for hydroxylation is 2. The first-order valence-corrected chi connectivity index (χ1v) is 6.41. The van der Waals surface area contributed by atoms with Crippen molar-refractivity contribution in [3.8, 4) is 0 Å². The summed E-state index contributed by atoms with van der Waals surface area (Å²) in [7, 11) is 0. The molecule has 0 saturated carbocycles. The molecule has 0 aliphatic heterocycles. The minimum Gasteiger partial charge on any atom is -0.397 e. The Morgan fingerprint density at radius 1 is 1.28 bits per heavy atom. The third-order valence-corrected chi connectivity index (χ3v) is 3.61. The van der Waals surface area contributed by atoms with Crippen LogP contribution in [0.3, 0.4) is 0 Å². The Labute approximate surface area is 107 Å². The number of hydrogen-bond donors (Lipinski definition) is 1. The molecular formula is C15H17N3. The molecule has 1 atom stereocenters. The molecule has 3 rings (SSSR count).